The van der Waals surface area contributed by atoms with E-state index in [1.807, 2.05) is 22.6 Å². The molecule has 1 radical (unpaired) electrons. The van der Waals surface area contributed by atoms with Crippen LogP contribution in [0.5, 0.6) is 0 Å². The molecule has 0 rings (SSSR count). The van der Waals surface area contributed by atoms with Crippen LogP contribution in [0.15, 0.2) is 0 Å². The summed E-state index contributed by atoms with van der Waals surface area (Å²) < 4.78 is 0.539. The van der Waals surface area contributed by atoms with E-state index in [4.69, 9.17) is 0 Å². The number of halogens is 1. The quantitative estimate of drug-likeness (QED) is 0.558. The molecule has 2 nitrogen and oxygen atoms in total. The SMILES string of the molecule is [CH2]CCNC(=O)CI. The van der Waals surface area contributed by atoms with Crippen molar-refractivity contribution in [2.24, 2.45) is 0 Å². The zero-order valence-corrected chi connectivity index (χ0v) is 6.77. The van der Waals surface area contributed by atoms with Gasteiger partial charge in [0, 0.05) is 6.54 Å². The summed E-state index contributed by atoms with van der Waals surface area (Å²) in [5.41, 5.74) is 0. The van der Waals surface area contributed by atoms with Gasteiger partial charge in [0.05, 0.1) is 4.43 Å². The van der Waals surface area contributed by atoms with E-state index in [2.05, 4.69) is 12.2 Å². The van der Waals surface area contributed by atoms with E-state index in [1.165, 1.54) is 0 Å². The number of carbonyl (C=O) groups excluding carboxylic acids is 1. The van der Waals surface area contributed by atoms with Gasteiger partial charge in [-0.05, 0) is 6.42 Å². The molecular weight excluding hydrogens is 217 g/mol. The van der Waals surface area contributed by atoms with E-state index in [0.717, 1.165) is 6.42 Å². The predicted molar refractivity (Wildman–Crippen MR) is 41.9 cm³/mol. The van der Waals surface area contributed by atoms with Crippen molar-refractivity contribution in [3.05, 3.63) is 6.92 Å². The second-order valence-electron chi connectivity index (χ2n) is 1.34. The van der Waals surface area contributed by atoms with E-state index >= 15 is 0 Å². The molecular formula is C5H9INO. The predicted octanol–water partition coefficient (Wildman–Crippen LogP) is 0.762. The van der Waals surface area contributed by atoms with Gasteiger partial charge in [-0.3, -0.25) is 4.79 Å². The van der Waals surface area contributed by atoms with Crippen molar-refractivity contribution in [2.45, 2.75) is 6.42 Å². The van der Waals surface area contributed by atoms with Crippen LogP contribution >= 0.6 is 22.6 Å². The Labute approximate surface area is 63.2 Å². The van der Waals surface area contributed by atoms with Gasteiger partial charge in [0.25, 0.3) is 0 Å². The van der Waals surface area contributed by atoms with Crippen LogP contribution in [0.2, 0.25) is 0 Å². The maximum Gasteiger partial charge on any atom is 0.229 e. The largest absolute Gasteiger partial charge is 0.355 e. The van der Waals surface area contributed by atoms with Gasteiger partial charge in [-0.1, -0.05) is 29.5 Å². The molecule has 0 atom stereocenters. The monoisotopic (exact) mass is 226 g/mol. The summed E-state index contributed by atoms with van der Waals surface area (Å²) in [6.45, 7) is 4.27. The number of nitrogens with one attached hydrogen (secondary N) is 1. The molecule has 0 aromatic rings. The molecule has 3 heteroatoms. The molecule has 0 bridgehead atoms. The topological polar surface area (TPSA) is 29.1 Å². The maximum atomic E-state index is 10.4. The highest BCUT2D eigenvalue weighted by molar-refractivity contribution is 14.1. The molecule has 0 aromatic carbocycles. The van der Waals surface area contributed by atoms with E-state index < -0.39 is 0 Å². The number of alkyl halides is 1. The minimum atomic E-state index is 0.0919. The van der Waals surface area contributed by atoms with Crippen molar-refractivity contribution in [3.63, 3.8) is 0 Å². The van der Waals surface area contributed by atoms with Crippen molar-refractivity contribution >= 4 is 28.5 Å². The third-order valence-corrected chi connectivity index (χ3v) is 1.31. The van der Waals surface area contributed by atoms with Crippen molar-refractivity contribution in [3.8, 4) is 0 Å². The normalized spacial score (nSPS) is 8.75. The lowest BCUT2D eigenvalue weighted by molar-refractivity contribution is -0.118. The first-order valence-corrected chi connectivity index (χ1v) is 3.95. The minimum Gasteiger partial charge on any atom is -0.355 e. The lowest BCUT2D eigenvalue weighted by Crippen LogP contribution is -2.24. The molecule has 8 heavy (non-hydrogen) atoms. The van der Waals surface area contributed by atoms with Crippen molar-refractivity contribution in [1.29, 1.82) is 0 Å². The number of hydrogen-bond donors (Lipinski definition) is 1. The van der Waals surface area contributed by atoms with Crippen molar-refractivity contribution < 1.29 is 4.79 Å². The summed E-state index contributed by atoms with van der Waals surface area (Å²) in [5.74, 6) is 0.0919. The van der Waals surface area contributed by atoms with Gasteiger partial charge >= 0.3 is 0 Å². The Hall–Kier alpha value is 0.200. The smallest absolute Gasteiger partial charge is 0.229 e. The van der Waals surface area contributed by atoms with Gasteiger partial charge in [0.2, 0.25) is 5.91 Å². The van der Waals surface area contributed by atoms with Crippen LogP contribution in [0.3, 0.4) is 0 Å². The molecule has 0 saturated heterocycles. The molecule has 0 spiro atoms. The molecule has 1 amide bonds. The van der Waals surface area contributed by atoms with Gasteiger partial charge in [0.15, 0.2) is 0 Å². The number of rotatable bonds is 3. The minimum absolute atomic E-state index is 0.0919. The van der Waals surface area contributed by atoms with Gasteiger partial charge in [-0.25, -0.2) is 0 Å². The average Bonchev–Trinajstić information content (AvgIpc) is 1.83. The third kappa shape index (κ3) is 4.36. The highest BCUT2D eigenvalue weighted by Crippen LogP contribution is 1.79. The number of hydrogen-bond acceptors (Lipinski definition) is 1. The Kier molecular flexibility index (Phi) is 5.47. The molecule has 1 N–H and O–H groups in total. The first kappa shape index (κ1) is 8.20. The van der Waals surface area contributed by atoms with Crippen LogP contribution in [0.4, 0.5) is 0 Å². The molecule has 0 saturated carbocycles. The molecule has 0 aliphatic carbocycles. The standard InChI is InChI=1S/C5H9INO/c1-2-3-7-5(8)4-6/h1-4H2,(H,7,8). The Balaban J connectivity index is 2.99. The van der Waals surface area contributed by atoms with Crippen molar-refractivity contribution in [2.75, 3.05) is 11.0 Å². The second kappa shape index (κ2) is 5.34. The summed E-state index contributed by atoms with van der Waals surface area (Å²) in [6, 6.07) is 0. The summed E-state index contributed by atoms with van der Waals surface area (Å²) in [4.78, 5) is 10.4. The van der Waals surface area contributed by atoms with Crippen LogP contribution in [-0.2, 0) is 4.79 Å². The zero-order chi connectivity index (χ0) is 6.41. The third-order valence-electron chi connectivity index (χ3n) is 0.620. The Morgan fingerprint density at radius 1 is 1.75 bits per heavy atom. The highest BCUT2D eigenvalue weighted by atomic mass is 127. The summed E-state index contributed by atoms with van der Waals surface area (Å²) in [6.07, 6.45) is 0.766. The summed E-state index contributed by atoms with van der Waals surface area (Å²) >= 11 is 2.02. The van der Waals surface area contributed by atoms with E-state index in [1.54, 1.807) is 0 Å². The van der Waals surface area contributed by atoms with E-state index in [0.29, 0.717) is 11.0 Å². The summed E-state index contributed by atoms with van der Waals surface area (Å²) in [7, 11) is 0. The zero-order valence-electron chi connectivity index (χ0n) is 4.61. The molecule has 0 fully saturated rings. The number of carbonyl (C=O) groups is 1. The van der Waals surface area contributed by atoms with Gasteiger partial charge in [-0.15, -0.1) is 0 Å². The first-order valence-electron chi connectivity index (χ1n) is 2.43. The second-order valence-corrected chi connectivity index (χ2v) is 2.10. The first-order chi connectivity index (χ1) is 3.81. The lowest BCUT2D eigenvalue weighted by atomic mass is 10.5. The van der Waals surface area contributed by atoms with E-state index in [-0.39, 0.29) is 5.91 Å². The fourth-order valence-electron chi connectivity index (χ4n) is 0.275. The molecule has 0 aliphatic rings. The van der Waals surface area contributed by atoms with Gasteiger partial charge in [-0.2, -0.15) is 0 Å². The molecule has 0 aromatic heterocycles. The highest BCUT2D eigenvalue weighted by Gasteiger charge is 1.91. The Bertz CT molecular complexity index is 74.8. The van der Waals surface area contributed by atoms with Crippen LogP contribution in [-0.4, -0.2) is 16.9 Å². The Morgan fingerprint density at radius 2 is 2.38 bits per heavy atom. The molecule has 47 valence electrons. The molecule has 0 unspecified atom stereocenters. The van der Waals surface area contributed by atoms with Crippen LogP contribution < -0.4 is 5.32 Å². The fourth-order valence-corrected chi connectivity index (χ4v) is 0.545. The Morgan fingerprint density at radius 3 is 2.75 bits per heavy atom. The van der Waals surface area contributed by atoms with Crippen LogP contribution in [0, 0.1) is 6.92 Å². The molecule has 0 heterocycles. The average molecular weight is 226 g/mol. The van der Waals surface area contributed by atoms with Gasteiger partial charge < -0.3 is 5.32 Å². The lowest BCUT2D eigenvalue weighted by Gasteiger charge is -1.96. The summed E-state index contributed by atoms with van der Waals surface area (Å²) in [5, 5.41) is 2.67. The fraction of sp³-hybridized carbons (Fsp3) is 0.600. The van der Waals surface area contributed by atoms with E-state index in [9.17, 15) is 4.79 Å². The van der Waals surface area contributed by atoms with Crippen LogP contribution in [0.25, 0.3) is 0 Å². The maximum absolute atomic E-state index is 10.4. The van der Waals surface area contributed by atoms with Crippen LogP contribution in [0.1, 0.15) is 6.42 Å². The molecule has 0 aliphatic heterocycles. The van der Waals surface area contributed by atoms with Crippen molar-refractivity contribution in [1.82, 2.24) is 5.32 Å². The van der Waals surface area contributed by atoms with Gasteiger partial charge in [0.1, 0.15) is 0 Å². The number of amides is 1.